The van der Waals surface area contributed by atoms with Gasteiger partial charge in [0.25, 0.3) is 5.56 Å². The number of benzene rings is 1. The summed E-state index contributed by atoms with van der Waals surface area (Å²) in [5, 5.41) is 13.8. The van der Waals surface area contributed by atoms with E-state index in [9.17, 15) is 9.90 Å². The summed E-state index contributed by atoms with van der Waals surface area (Å²) in [6, 6.07) is 6.15. The monoisotopic (exact) mass is 228 g/mol. The van der Waals surface area contributed by atoms with E-state index in [0.29, 0.717) is 16.9 Å². The lowest BCUT2D eigenvalue weighted by Gasteiger charge is -2.02. The molecule has 2 N–H and O–H groups in total. The first kappa shape index (κ1) is 9.59. The lowest BCUT2D eigenvalue weighted by atomic mass is 10.2. The Morgan fingerprint density at radius 1 is 1.35 bits per heavy atom. The van der Waals surface area contributed by atoms with Crippen LogP contribution in [0.3, 0.4) is 0 Å². The van der Waals surface area contributed by atoms with Gasteiger partial charge in [-0.2, -0.15) is 5.10 Å². The van der Waals surface area contributed by atoms with E-state index in [4.69, 9.17) is 0 Å². The van der Waals surface area contributed by atoms with Crippen molar-refractivity contribution in [3.8, 4) is 11.7 Å². The number of hydrogen-bond acceptors (Lipinski definition) is 4. The molecular formula is C11H8N4O2. The molecule has 0 atom stereocenters. The molecule has 0 radical (unpaired) electrons. The molecule has 0 aliphatic rings. The highest BCUT2D eigenvalue weighted by Crippen LogP contribution is 2.15. The highest BCUT2D eigenvalue weighted by molar-refractivity contribution is 5.79. The van der Waals surface area contributed by atoms with Gasteiger partial charge in [-0.05, 0) is 18.2 Å². The van der Waals surface area contributed by atoms with Crippen molar-refractivity contribution in [2.45, 2.75) is 0 Å². The van der Waals surface area contributed by atoms with Crippen molar-refractivity contribution in [3.63, 3.8) is 0 Å². The summed E-state index contributed by atoms with van der Waals surface area (Å²) in [7, 11) is 0. The molecule has 0 spiro atoms. The van der Waals surface area contributed by atoms with Gasteiger partial charge in [0.15, 0.2) is 0 Å². The molecule has 84 valence electrons. The molecule has 17 heavy (non-hydrogen) atoms. The van der Waals surface area contributed by atoms with Gasteiger partial charge in [-0.15, -0.1) is 0 Å². The van der Waals surface area contributed by atoms with E-state index in [-0.39, 0.29) is 11.3 Å². The third-order valence-electron chi connectivity index (χ3n) is 2.40. The predicted molar refractivity (Wildman–Crippen MR) is 61.2 cm³/mol. The van der Waals surface area contributed by atoms with Crippen molar-refractivity contribution in [2.24, 2.45) is 0 Å². The first-order valence-electron chi connectivity index (χ1n) is 4.97. The topological polar surface area (TPSA) is 83.8 Å². The van der Waals surface area contributed by atoms with Crippen molar-refractivity contribution >= 4 is 10.9 Å². The number of phenolic OH excluding ortho intramolecular Hbond substituents is 1. The summed E-state index contributed by atoms with van der Waals surface area (Å²) in [5.74, 6) is 0.389. The Morgan fingerprint density at radius 2 is 2.24 bits per heavy atom. The van der Waals surface area contributed by atoms with Crippen LogP contribution in [0.4, 0.5) is 0 Å². The maximum Gasteiger partial charge on any atom is 0.260 e. The summed E-state index contributed by atoms with van der Waals surface area (Å²) in [5.41, 5.74) is 0.166. The van der Waals surface area contributed by atoms with Crippen LogP contribution in [0.1, 0.15) is 0 Å². The van der Waals surface area contributed by atoms with E-state index in [1.165, 1.54) is 22.9 Å². The van der Waals surface area contributed by atoms with E-state index < -0.39 is 0 Å². The number of aromatic amines is 1. The minimum Gasteiger partial charge on any atom is -0.508 e. The van der Waals surface area contributed by atoms with Gasteiger partial charge in [-0.3, -0.25) is 9.78 Å². The van der Waals surface area contributed by atoms with Gasteiger partial charge in [0.2, 0.25) is 5.95 Å². The van der Waals surface area contributed by atoms with Crippen molar-refractivity contribution in [1.82, 2.24) is 19.7 Å². The highest BCUT2D eigenvalue weighted by Gasteiger charge is 2.05. The fraction of sp³-hybridized carbons (Fsp3) is 0. The van der Waals surface area contributed by atoms with E-state index in [0.717, 1.165) is 0 Å². The molecule has 3 aromatic rings. The largest absolute Gasteiger partial charge is 0.508 e. The molecule has 6 heteroatoms. The molecule has 6 nitrogen and oxygen atoms in total. The predicted octanol–water partition coefficient (Wildman–Crippen LogP) is 0.814. The number of nitrogens with zero attached hydrogens (tertiary/aromatic N) is 3. The minimum atomic E-state index is -0.263. The van der Waals surface area contributed by atoms with Crippen LogP contribution in [0.2, 0.25) is 0 Å². The quantitative estimate of drug-likeness (QED) is 0.645. The van der Waals surface area contributed by atoms with Crippen LogP contribution in [0.5, 0.6) is 5.75 Å². The number of nitrogens with one attached hydrogen (secondary N) is 1. The van der Waals surface area contributed by atoms with E-state index in [2.05, 4.69) is 15.1 Å². The van der Waals surface area contributed by atoms with Gasteiger partial charge in [0, 0.05) is 18.5 Å². The summed E-state index contributed by atoms with van der Waals surface area (Å²) in [6.07, 6.45) is 3.26. The Balaban J connectivity index is 2.33. The zero-order valence-corrected chi connectivity index (χ0v) is 8.66. The maximum atomic E-state index is 11.8. The van der Waals surface area contributed by atoms with Crippen LogP contribution < -0.4 is 5.56 Å². The first-order chi connectivity index (χ1) is 8.24. The number of phenols is 1. The highest BCUT2D eigenvalue weighted by atomic mass is 16.3. The summed E-state index contributed by atoms with van der Waals surface area (Å²) in [4.78, 5) is 18.6. The molecule has 0 saturated heterocycles. The fourth-order valence-corrected chi connectivity index (χ4v) is 1.62. The van der Waals surface area contributed by atoms with Crippen LogP contribution in [-0.4, -0.2) is 24.9 Å². The van der Waals surface area contributed by atoms with Crippen LogP contribution in [0.15, 0.2) is 41.5 Å². The fourth-order valence-electron chi connectivity index (χ4n) is 1.62. The minimum absolute atomic E-state index is 0.0713. The second-order valence-electron chi connectivity index (χ2n) is 3.54. The van der Waals surface area contributed by atoms with Crippen molar-refractivity contribution in [1.29, 1.82) is 0 Å². The second-order valence-corrected chi connectivity index (χ2v) is 3.54. The molecule has 0 aliphatic heterocycles. The van der Waals surface area contributed by atoms with E-state index in [1.54, 1.807) is 18.5 Å². The van der Waals surface area contributed by atoms with Crippen LogP contribution in [0, 0.1) is 0 Å². The molecular weight excluding hydrogens is 220 g/mol. The van der Waals surface area contributed by atoms with E-state index >= 15 is 0 Å². The third kappa shape index (κ3) is 1.55. The number of H-pyrrole nitrogens is 1. The lowest BCUT2D eigenvalue weighted by molar-refractivity contribution is 0.476. The van der Waals surface area contributed by atoms with Gasteiger partial charge >= 0.3 is 0 Å². The molecule has 2 aromatic heterocycles. The normalized spacial score (nSPS) is 10.8. The standard InChI is InChI=1S/C11H8N4O2/c16-7-2-3-8-9(6-7)13-11(14-10(8)17)15-5-1-4-12-15/h1-6,16H,(H,13,14,17). The van der Waals surface area contributed by atoms with Gasteiger partial charge in [-0.25, -0.2) is 9.67 Å². The summed E-state index contributed by atoms with van der Waals surface area (Å²) >= 11 is 0. The van der Waals surface area contributed by atoms with Crippen molar-refractivity contribution in [3.05, 3.63) is 47.0 Å². The van der Waals surface area contributed by atoms with Gasteiger partial charge in [0.05, 0.1) is 10.9 Å². The molecule has 0 bridgehead atoms. The maximum absolute atomic E-state index is 11.8. The Kier molecular flexibility index (Phi) is 1.94. The Bertz CT molecular complexity index is 731. The number of fused-ring (bicyclic) bond motifs is 1. The summed E-state index contributed by atoms with van der Waals surface area (Å²) in [6.45, 7) is 0. The lowest BCUT2D eigenvalue weighted by Crippen LogP contribution is -2.13. The molecule has 0 fully saturated rings. The molecule has 0 saturated carbocycles. The average Bonchev–Trinajstić information content (AvgIpc) is 2.81. The smallest absolute Gasteiger partial charge is 0.260 e. The number of hydrogen-bond donors (Lipinski definition) is 2. The molecule has 0 aliphatic carbocycles. The van der Waals surface area contributed by atoms with Crippen LogP contribution in [0.25, 0.3) is 16.9 Å². The first-order valence-corrected chi connectivity index (χ1v) is 4.97. The molecule has 3 rings (SSSR count). The Hall–Kier alpha value is -2.63. The van der Waals surface area contributed by atoms with Crippen molar-refractivity contribution < 1.29 is 5.11 Å². The van der Waals surface area contributed by atoms with Crippen LogP contribution in [-0.2, 0) is 0 Å². The second kappa shape index (κ2) is 3.44. The van der Waals surface area contributed by atoms with E-state index in [1.807, 2.05) is 0 Å². The third-order valence-corrected chi connectivity index (χ3v) is 2.40. The Morgan fingerprint density at radius 3 is 3.00 bits per heavy atom. The Labute approximate surface area is 95.2 Å². The summed E-state index contributed by atoms with van der Waals surface area (Å²) < 4.78 is 1.45. The zero-order chi connectivity index (χ0) is 11.8. The van der Waals surface area contributed by atoms with Gasteiger partial charge < -0.3 is 5.11 Å². The molecule has 0 unspecified atom stereocenters. The molecule has 1 aromatic carbocycles. The zero-order valence-electron chi connectivity index (χ0n) is 8.66. The van der Waals surface area contributed by atoms with Gasteiger partial charge in [-0.1, -0.05) is 0 Å². The average molecular weight is 228 g/mol. The van der Waals surface area contributed by atoms with Crippen molar-refractivity contribution in [2.75, 3.05) is 0 Å². The number of rotatable bonds is 1. The van der Waals surface area contributed by atoms with Gasteiger partial charge in [0.1, 0.15) is 5.75 Å². The SMILES string of the molecule is O=c1[nH]c(-n2cccn2)nc2cc(O)ccc12. The molecule has 2 heterocycles. The number of aromatic hydroxyl groups is 1. The van der Waals surface area contributed by atoms with Crippen LogP contribution >= 0.6 is 0 Å². The number of aromatic nitrogens is 4. The molecule has 0 amide bonds.